The summed E-state index contributed by atoms with van der Waals surface area (Å²) in [5, 5.41) is 14.3. The molecule has 162 valence electrons. The quantitative estimate of drug-likeness (QED) is 0.418. The number of rotatable bonds is 6. The van der Waals surface area contributed by atoms with Crippen LogP contribution in [0.25, 0.3) is 16.8 Å². The highest BCUT2D eigenvalue weighted by molar-refractivity contribution is 5.83. The zero-order valence-electron chi connectivity index (χ0n) is 19.2. The van der Waals surface area contributed by atoms with Gasteiger partial charge in [-0.05, 0) is 63.9 Å². The molecule has 0 aliphatic carbocycles. The van der Waals surface area contributed by atoms with Crippen LogP contribution in [0, 0.1) is 0 Å². The molecule has 3 nitrogen and oxygen atoms in total. The molecular formula is C29H30N2O. The van der Waals surface area contributed by atoms with E-state index in [-0.39, 0.29) is 0 Å². The first-order chi connectivity index (χ1) is 15.4. The summed E-state index contributed by atoms with van der Waals surface area (Å²) in [7, 11) is 8.09. The topological polar surface area (TPSA) is 26.7 Å². The van der Waals surface area contributed by atoms with Gasteiger partial charge in [-0.25, -0.2) is 0 Å². The van der Waals surface area contributed by atoms with Crippen LogP contribution in [0.5, 0.6) is 0 Å². The van der Waals surface area contributed by atoms with E-state index < -0.39 is 5.60 Å². The number of fused-ring (bicyclic) bond motifs is 1. The summed E-state index contributed by atoms with van der Waals surface area (Å²) < 4.78 is 0. The first-order valence-electron chi connectivity index (χ1n) is 10.8. The fourth-order valence-corrected chi connectivity index (χ4v) is 3.90. The molecular weight excluding hydrogens is 392 g/mol. The van der Waals surface area contributed by atoms with Gasteiger partial charge in [-0.2, -0.15) is 0 Å². The Balaban J connectivity index is 1.79. The maximum absolute atomic E-state index is 12.0. The fourth-order valence-electron chi connectivity index (χ4n) is 3.90. The van der Waals surface area contributed by atoms with E-state index in [4.69, 9.17) is 0 Å². The van der Waals surface area contributed by atoms with Crippen LogP contribution >= 0.6 is 0 Å². The number of nitrogens with zero attached hydrogens (tertiary/aromatic N) is 2. The molecule has 0 aromatic heterocycles. The highest BCUT2D eigenvalue weighted by Gasteiger charge is 2.29. The number of hydrogen-bond donors (Lipinski definition) is 1. The summed E-state index contributed by atoms with van der Waals surface area (Å²) in [5.41, 5.74) is 3.70. The van der Waals surface area contributed by atoms with Gasteiger partial charge in [0, 0.05) is 39.6 Å². The average molecular weight is 423 g/mol. The van der Waals surface area contributed by atoms with Crippen LogP contribution in [0.1, 0.15) is 16.7 Å². The van der Waals surface area contributed by atoms with Gasteiger partial charge in [-0.3, -0.25) is 0 Å². The minimum absolute atomic E-state index is 0.833. The molecule has 0 heterocycles. The van der Waals surface area contributed by atoms with E-state index in [9.17, 15) is 5.11 Å². The van der Waals surface area contributed by atoms with Gasteiger partial charge in [0.1, 0.15) is 5.60 Å². The van der Waals surface area contributed by atoms with Crippen LogP contribution in [-0.2, 0) is 5.60 Å². The summed E-state index contributed by atoms with van der Waals surface area (Å²) in [6.07, 6.45) is 3.89. The Morgan fingerprint density at radius 1 is 0.625 bits per heavy atom. The molecule has 4 aromatic carbocycles. The van der Waals surface area contributed by atoms with E-state index in [1.165, 1.54) is 0 Å². The zero-order valence-corrected chi connectivity index (χ0v) is 19.2. The standard InChI is InChI=1S/C29H30N2O/c1-30(2)27-15-9-22(10-16-27)19-20-29(32,25-13-17-28(18-14-25)31(3)4)26-12-11-23-7-5-6-8-24(23)21-26/h5-21,32H,1-4H3/b20-19+. The molecule has 1 N–H and O–H groups in total. The first kappa shape index (κ1) is 21.7. The van der Waals surface area contributed by atoms with E-state index >= 15 is 0 Å². The zero-order chi connectivity index (χ0) is 22.7. The van der Waals surface area contributed by atoms with E-state index in [2.05, 4.69) is 58.3 Å². The molecule has 1 unspecified atom stereocenters. The van der Waals surface area contributed by atoms with Crippen LogP contribution in [0.3, 0.4) is 0 Å². The van der Waals surface area contributed by atoms with Crippen molar-refractivity contribution in [3.05, 3.63) is 114 Å². The SMILES string of the molecule is CN(C)c1ccc(/C=C/C(O)(c2ccc(N(C)C)cc2)c2ccc3ccccc3c2)cc1. The van der Waals surface area contributed by atoms with Gasteiger partial charge in [0.05, 0.1) is 0 Å². The molecule has 0 saturated carbocycles. The Kier molecular flexibility index (Phi) is 6.02. The Hall–Kier alpha value is -3.56. The first-order valence-corrected chi connectivity index (χ1v) is 10.8. The second-order valence-electron chi connectivity index (χ2n) is 8.59. The van der Waals surface area contributed by atoms with Crippen LogP contribution in [0.2, 0.25) is 0 Å². The lowest BCUT2D eigenvalue weighted by atomic mass is 9.84. The Labute approximate surface area is 190 Å². The molecule has 0 spiro atoms. The smallest absolute Gasteiger partial charge is 0.134 e. The molecule has 32 heavy (non-hydrogen) atoms. The minimum atomic E-state index is -1.25. The molecule has 0 fully saturated rings. The maximum atomic E-state index is 12.0. The van der Waals surface area contributed by atoms with E-state index in [1.54, 1.807) is 0 Å². The van der Waals surface area contributed by atoms with Crippen molar-refractivity contribution in [3.8, 4) is 0 Å². The maximum Gasteiger partial charge on any atom is 0.134 e. The van der Waals surface area contributed by atoms with Gasteiger partial charge in [-0.15, -0.1) is 0 Å². The normalized spacial score (nSPS) is 13.3. The van der Waals surface area contributed by atoms with Crippen molar-refractivity contribution in [1.29, 1.82) is 0 Å². The van der Waals surface area contributed by atoms with Gasteiger partial charge in [0.25, 0.3) is 0 Å². The summed E-state index contributed by atoms with van der Waals surface area (Å²) in [6, 6.07) is 30.8. The Morgan fingerprint density at radius 3 is 1.75 bits per heavy atom. The number of aliphatic hydroxyl groups is 1. The third kappa shape index (κ3) is 4.39. The highest BCUT2D eigenvalue weighted by atomic mass is 16.3. The monoisotopic (exact) mass is 422 g/mol. The lowest BCUT2D eigenvalue weighted by Gasteiger charge is -2.27. The van der Waals surface area contributed by atoms with Crippen molar-refractivity contribution in [2.75, 3.05) is 38.0 Å². The second kappa shape index (κ2) is 8.89. The largest absolute Gasteiger partial charge is 0.378 e. The molecule has 0 aliphatic heterocycles. The highest BCUT2D eigenvalue weighted by Crippen LogP contribution is 2.34. The van der Waals surface area contributed by atoms with Crippen molar-refractivity contribution in [2.45, 2.75) is 5.60 Å². The molecule has 4 aromatic rings. The van der Waals surface area contributed by atoms with Gasteiger partial charge in [-0.1, -0.05) is 66.7 Å². The van der Waals surface area contributed by atoms with Crippen molar-refractivity contribution in [3.63, 3.8) is 0 Å². The molecule has 0 saturated heterocycles. The molecule has 4 rings (SSSR count). The molecule has 0 aliphatic rings. The fraction of sp³-hybridized carbons (Fsp3) is 0.172. The minimum Gasteiger partial charge on any atom is -0.378 e. The third-order valence-corrected chi connectivity index (χ3v) is 5.94. The predicted molar refractivity (Wildman–Crippen MR) is 138 cm³/mol. The molecule has 1 atom stereocenters. The number of anilines is 2. The van der Waals surface area contributed by atoms with E-state index in [0.29, 0.717) is 0 Å². The molecule has 0 bridgehead atoms. The van der Waals surface area contributed by atoms with Crippen LogP contribution in [0.4, 0.5) is 11.4 Å². The van der Waals surface area contributed by atoms with Crippen molar-refractivity contribution < 1.29 is 5.11 Å². The number of benzene rings is 4. The summed E-state index contributed by atoms with van der Waals surface area (Å²) in [5.74, 6) is 0. The third-order valence-electron chi connectivity index (χ3n) is 5.94. The Morgan fingerprint density at radius 2 is 1.16 bits per heavy atom. The van der Waals surface area contributed by atoms with Crippen LogP contribution in [0.15, 0.2) is 97.1 Å². The predicted octanol–water partition coefficient (Wildman–Crippen LogP) is 5.92. The van der Waals surface area contributed by atoms with Crippen LogP contribution < -0.4 is 9.80 Å². The lowest BCUT2D eigenvalue weighted by Crippen LogP contribution is -2.24. The van der Waals surface area contributed by atoms with E-state index in [0.717, 1.165) is 38.8 Å². The van der Waals surface area contributed by atoms with Gasteiger partial charge in [0.15, 0.2) is 0 Å². The van der Waals surface area contributed by atoms with Gasteiger partial charge in [0.2, 0.25) is 0 Å². The van der Waals surface area contributed by atoms with E-state index in [1.807, 2.05) is 82.8 Å². The average Bonchev–Trinajstić information content (AvgIpc) is 2.82. The molecule has 0 radical (unpaired) electrons. The summed E-state index contributed by atoms with van der Waals surface area (Å²) in [6.45, 7) is 0. The van der Waals surface area contributed by atoms with Crippen molar-refractivity contribution in [2.24, 2.45) is 0 Å². The lowest BCUT2D eigenvalue weighted by molar-refractivity contribution is 0.135. The summed E-state index contributed by atoms with van der Waals surface area (Å²) in [4.78, 5) is 4.13. The van der Waals surface area contributed by atoms with Crippen molar-refractivity contribution >= 4 is 28.2 Å². The van der Waals surface area contributed by atoms with Gasteiger partial charge >= 0.3 is 0 Å². The summed E-state index contributed by atoms with van der Waals surface area (Å²) >= 11 is 0. The van der Waals surface area contributed by atoms with Crippen molar-refractivity contribution in [1.82, 2.24) is 0 Å². The number of hydrogen-bond acceptors (Lipinski definition) is 3. The Bertz CT molecular complexity index is 1220. The molecule has 3 heteroatoms. The second-order valence-corrected chi connectivity index (χ2v) is 8.59. The molecule has 0 amide bonds. The van der Waals surface area contributed by atoms with Gasteiger partial charge < -0.3 is 14.9 Å². The van der Waals surface area contributed by atoms with Crippen LogP contribution in [-0.4, -0.2) is 33.3 Å².